The lowest BCUT2D eigenvalue weighted by molar-refractivity contribution is 0.208. The minimum atomic E-state index is 0.320. The van der Waals surface area contributed by atoms with Crippen LogP contribution in [0.1, 0.15) is 23.6 Å². The zero-order valence-corrected chi connectivity index (χ0v) is 15.3. The Morgan fingerprint density at radius 1 is 1.04 bits per heavy atom. The summed E-state index contributed by atoms with van der Waals surface area (Å²) in [6.07, 6.45) is 1.28. The van der Waals surface area contributed by atoms with Gasteiger partial charge in [0.15, 0.2) is 11.5 Å². The first-order chi connectivity index (χ1) is 12.0. The van der Waals surface area contributed by atoms with Crippen LogP contribution >= 0.6 is 11.6 Å². The maximum Gasteiger partial charge on any atom is 0.179 e. The van der Waals surface area contributed by atoms with Crippen LogP contribution in [-0.2, 0) is 0 Å². The summed E-state index contributed by atoms with van der Waals surface area (Å²) in [5.41, 5.74) is 3.03. The van der Waals surface area contributed by atoms with E-state index in [0.717, 1.165) is 5.75 Å². The van der Waals surface area contributed by atoms with Crippen molar-refractivity contribution in [2.24, 2.45) is 5.16 Å². The summed E-state index contributed by atoms with van der Waals surface area (Å²) in [5.74, 6) is 1.75. The van der Waals surface area contributed by atoms with E-state index >= 15 is 0 Å². The van der Waals surface area contributed by atoms with Gasteiger partial charge in [-0.05, 0) is 56.2 Å². The summed E-state index contributed by atoms with van der Waals surface area (Å²) in [6.45, 7) is 7.14. The first kappa shape index (κ1) is 18.9. The number of aryl methyl sites for hydroxylation is 2. The summed E-state index contributed by atoms with van der Waals surface area (Å²) in [4.78, 5) is 0. The Balaban J connectivity index is 2.00. The zero-order chi connectivity index (χ0) is 18.2. The number of oxime groups is 1. The SMILES string of the molecule is CCOc1cc(C=NO)cc(Cl)c1OCCOc1ccc(C)c(C)c1. The first-order valence-corrected chi connectivity index (χ1v) is 8.39. The fraction of sp³-hybridized carbons (Fsp3) is 0.316. The van der Waals surface area contributed by atoms with E-state index in [4.69, 9.17) is 31.0 Å². The molecule has 0 spiro atoms. The van der Waals surface area contributed by atoms with E-state index < -0.39 is 0 Å². The Kier molecular flexibility index (Phi) is 6.95. The first-order valence-electron chi connectivity index (χ1n) is 8.01. The molecule has 0 atom stereocenters. The van der Waals surface area contributed by atoms with E-state index in [1.165, 1.54) is 17.3 Å². The molecule has 2 rings (SSSR count). The van der Waals surface area contributed by atoms with Crippen LogP contribution in [0.2, 0.25) is 5.02 Å². The Labute approximate surface area is 152 Å². The van der Waals surface area contributed by atoms with Crippen LogP contribution in [0.4, 0.5) is 0 Å². The molecule has 0 unspecified atom stereocenters. The van der Waals surface area contributed by atoms with E-state index in [1.54, 1.807) is 12.1 Å². The average Bonchev–Trinajstić information content (AvgIpc) is 2.57. The predicted octanol–water partition coefficient (Wildman–Crippen LogP) is 4.62. The van der Waals surface area contributed by atoms with Crippen molar-refractivity contribution in [3.8, 4) is 17.2 Å². The molecule has 0 saturated heterocycles. The van der Waals surface area contributed by atoms with Crippen LogP contribution < -0.4 is 14.2 Å². The summed E-state index contributed by atoms with van der Waals surface area (Å²) in [6, 6.07) is 9.30. The molecule has 5 nitrogen and oxygen atoms in total. The quantitative estimate of drug-likeness (QED) is 0.322. The standard InChI is InChI=1S/C19H22ClNO4/c1-4-23-18-11-15(12-21-22)10-17(20)19(18)25-8-7-24-16-6-5-13(2)14(3)9-16/h5-6,9-12,22H,4,7-8H2,1-3H3. The third-order valence-electron chi connectivity index (χ3n) is 3.62. The molecule has 0 radical (unpaired) electrons. The van der Waals surface area contributed by atoms with E-state index in [1.807, 2.05) is 32.0 Å². The molecule has 0 aliphatic carbocycles. The van der Waals surface area contributed by atoms with Crippen LogP contribution in [0, 0.1) is 13.8 Å². The van der Waals surface area contributed by atoms with E-state index in [9.17, 15) is 0 Å². The molecule has 0 fully saturated rings. The number of benzene rings is 2. The van der Waals surface area contributed by atoms with Crippen molar-refractivity contribution in [3.63, 3.8) is 0 Å². The van der Waals surface area contributed by atoms with Crippen molar-refractivity contribution in [3.05, 3.63) is 52.0 Å². The van der Waals surface area contributed by atoms with Crippen molar-refractivity contribution in [2.75, 3.05) is 19.8 Å². The van der Waals surface area contributed by atoms with Crippen LogP contribution in [-0.4, -0.2) is 31.2 Å². The second kappa shape index (κ2) is 9.18. The van der Waals surface area contributed by atoms with Gasteiger partial charge in [-0.2, -0.15) is 0 Å². The molecule has 0 aliphatic heterocycles. The van der Waals surface area contributed by atoms with Crippen molar-refractivity contribution in [1.29, 1.82) is 0 Å². The Morgan fingerprint density at radius 2 is 1.80 bits per heavy atom. The Bertz CT molecular complexity index is 746. The van der Waals surface area contributed by atoms with Gasteiger partial charge in [-0.3, -0.25) is 0 Å². The van der Waals surface area contributed by atoms with Crippen LogP contribution in [0.15, 0.2) is 35.5 Å². The molecule has 6 heteroatoms. The molecular weight excluding hydrogens is 342 g/mol. The van der Waals surface area contributed by atoms with Gasteiger partial charge in [0.05, 0.1) is 17.8 Å². The third kappa shape index (κ3) is 5.29. The number of rotatable bonds is 8. The third-order valence-corrected chi connectivity index (χ3v) is 3.90. The number of nitrogens with zero attached hydrogens (tertiary/aromatic N) is 1. The highest BCUT2D eigenvalue weighted by atomic mass is 35.5. The van der Waals surface area contributed by atoms with Gasteiger partial charge in [-0.1, -0.05) is 22.8 Å². The number of hydrogen-bond acceptors (Lipinski definition) is 5. The minimum absolute atomic E-state index is 0.320. The van der Waals surface area contributed by atoms with E-state index in [-0.39, 0.29) is 0 Å². The summed E-state index contributed by atoms with van der Waals surface area (Å²) >= 11 is 6.25. The predicted molar refractivity (Wildman–Crippen MR) is 98.9 cm³/mol. The molecule has 0 aromatic heterocycles. The average molecular weight is 364 g/mol. The molecule has 2 aromatic rings. The van der Waals surface area contributed by atoms with E-state index in [0.29, 0.717) is 41.9 Å². The lowest BCUT2D eigenvalue weighted by Gasteiger charge is -2.15. The fourth-order valence-corrected chi connectivity index (χ4v) is 2.51. The molecule has 0 aliphatic rings. The normalized spacial score (nSPS) is 10.9. The van der Waals surface area contributed by atoms with Crippen molar-refractivity contribution >= 4 is 17.8 Å². The molecule has 134 valence electrons. The van der Waals surface area contributed by atoms with Crippen molar-refractivity contribution in [1.82, 2.24) is 0 Å². The van der Waals surface area contributed by atoms with Gasteiger partial charge in [0, 0.05) is 5.56 Å². The van der Waals surface area contributed by atoms with Gasteiger partial charge in [-0.15, -0.1) is 0 Å². The van der Waals surface area contributed by atoms with Gasteiger partial charge in [0.1, 0.15) is 19.0 Å². The van der Waals surface area contributed by atoms with Gasteiger partial charge >= 0.3 is 0 Å². The zero-order valence-electron chi connectivity index (χ0n) is 14.6. The molecule has 0 bridgehead atoms. The topological polar surface area (TPSA) is 60.3 Å². The van der Waals surface area contributed by atoms with Gasteiger partial charge in [0.2, 0.25) is 0 Å². The molecule has 0 amide bonds. The highest BCUT2D eigenvalue weighted by Crippen LogP contribution is 2.36. The highest BCUT2D eigenvalue weighted by molar-refractivity contribution is 6.32. The number of halogens is 1. The van der Waals surface area contributed by atoms with Crippen LogP contribution in [0.5, 0.6) is 17.2 Å². The Morgan fingerprint density at radius 3 is 2.48 bits per heavy atom. The van der Waals surface area contributed by atoms with Gasteiger partial charge in [0.25, 0.3) is 0 Å². The summed E-state index contributed by atoms with van der Waals surface area (Å²) < 4.78 is 17.0. The minimum Gasteiger partial charge on any atom is -0.490 e. The monoisotopic (exact) mass is 363 g/mol. The largest absolute Gasteiger partial charge is 0.490 e. The summed E-state index contributed by atoms with van der Waals surface area (Å²) in [7, 11) is 0. The molecule has 1 N–H and O–H groups in total. The highest BCUT2D eigenvalue weighted by Gasteiger charge is 2.12. The van der Waals surface area contributed by atoms with Crippen LogP contribution in [0.3, 0.4) is 0 Å². The smallest absolute Gasteiger partial charge is 0.179 e. The summed E-state index contributed by atoms with van der Waals surface area (Å²) in [5, 5.41) is 12.0. The lowest BCUT2D eigenvalue weighted by atomic mass is 10.1. The van der Waals surface area contributed by atoms with Gasteiger partial charge < -0.3 is 19.4 Å². The maximum atomic E-state index is 8.66. The molecule has 0 heterocycles. The molecule has 25 heavy (non-hydrogen) atoms. The molecule has 2 aromatic carbocycles. The number of hydrogen-bond donors (Lipinski definition) is 1. The van der Waals surface area contributed by atoms with Crippen molar-refractivity contribution in [2.45, 2.75) is 20.8 Å². The second-order valence-electron chi connectivity index (χ2n) is 5.45. The molecule has 0 saturated carbocycles. The van der Waals surface area contributed by atoms with E-state index in [2.05, 4.69) is 12.1 Å². The van der Waals surface area contributed by atoms with Crippen LogP contribution in [0.25, 0.3) is 0 Å². The second-order valence-corrected chi connectivity index (χ2v) is 5.86. The van der Waals surface area contributed by atoms with Crippen molar-refractivity contribution < 1.29 is 19.4 Å². The lowest BCUT2D eigenvalue weighted by Crippen LogP contribution is -2.10. The van der Waals surface area contributed by atoms with Gasteiger partial charge in [-0.25, -0.2) is 0 Å². The fourth-order valence-electron chi connectivity index (χ4n) is 2.24. The number of ether oxygens (including phenoxy) is 3. The Hall–Kier alpha value is -2.40. The molecular formula is C19H22ClNO4. The maximum absolute atomic E-state index is 8.66.